The van der Waals surface area contributed by atoms with Gasteiger partial charge in [-0.2, -0.15) is 0 Å². The lowest BCUT2D eigenvalue weighted by molar-refractivity contribution is 0.123. The first-order chi connectivity index (χ1) is 9.82. The number of piperidine rings is 1. The Kier molecular flexibility index (Phi) is 6.56. The molecule has 1 rings (SSSR count). The van der Waals surface area contributed by atoms with Gasteiger partial charge in [0.1, 0.15) is 0 Å². The summed E-state index contributed by atoms with van der Waals surface area (Å²) in [5.41, 5.74) is 2.13. The fraction of sp³-hybridized carbons (Fsp3) is 0.800. The van der Waals surface area contributed by atoms with Gasteiger partial charge in [0, 0.05) is 18.8 Å². The van der Waals surface area contributed by atoms with Gasteiger partial charge in [0.15, 0.2) is 0 Å². The van der Waals surface area contributed by atoms with Crippen LogP contribution in [0.4, 0.5) is 0 Å². The Labute approximate surface area is 133 Å². The van der Waals surface area contributed by atoms with Crippen molar-refractivity contribution in [3.05, 3.63) is 24.9 Å². The highest BCUT2D eigenvalue weighted by atomic mass is 15.1. The molecule has 0 bridgehead atoms. The zero-order chi connectivity index (χ0) is 16.1. The molecule has 0 radical (unpaired) electrons. The summed E-state index contributed by atoms with van der Waals surface area (Å²) in [5, 5.41) is 0. The third-order valence-electron chi connectivity index (χ3n) is 6.08. The number of likely N-dealkylation sites (tertiary alicyclic amines) is 1. The molecule has 0 aliphatic carbocycles. The lowest BCUT2D eigenvalue weighted by Gasteiger charge is -2.44. The Morgan fingerprint density at radius 1 is 1.29 bits per heavy atom. The second-order valence-corrected chi connectivity index (χ2v) is 7.71. The molecule has 1 aliphatic heterocycles. The first-order valence-electron chi connectivity index (χ1n) is 8.89. The van der Waals surface area contributed by atoms with Gasteiger partial charge in [-0.25, -0.2) is 0 Å². The van der Waals surface area contributed by atoms with Gasteiger partial charge in [0.05, 0.1) is 0 Å². The third kappa shape index (κ3) is 4.37. The lowest BCUT2D eigenvalue weighted by atomic mass is 9.68. The van der Waals surface area contributed by atoms with E-state index < -0.39 is 0 Å². The largest absolute Gasteiger partial charge is 0.375 e. The van der Waals surface area contributed by atoms with Crippen LogP contribution >= 0.6 is 0 Å². The molecular formula is C20H37N. The fourth-order valence-electron chi connectivity index (χ4n) is 3.85. The quantitative estimate of drug-likeness (QED) is 0.493. The Balaban J connectivity index is 2.69. The predicted molar refractivity (Wildman–Crippen MR) is 95.3 cm³/mol. The van der Waals surface area contributed by atoms with Crippen molar-refractivity contribution in [3.63, 3.8) is 0 Å². The monoisotopic (exact) mass is 291 g/mol. The number of hydrogen-bond acceptors (Lipinski definition) is 1. The molecule has 21 heavy (non-hydrogen) atoms. The van der Waals surface area contributed by atoms with E-state index in [1.807, 2.05) is 0 Å². The molecule has 0 amide bonds. The minimum Gasteiger partial charge on any atom is -0.375 e. The summed E-state index contributed by atoms with van der Waals surface area (Å²) in [6, 6.07) is 0. The van der Waals surface area contributed by atoms with E-state index >= 15 is 0 Å². The van der Waals surface area contributed by atoms with Crippen LogP contribution in [-0.4, -0.2) is 18.0 Å². The van der Waals surface area contributed by atoms with Gasteiger partial charge in [-0.15, -0.1) is 6.58 Å². The van der Waals surface area contributed by atoms with Gasteiger partial charge in [-0.3, -0.25) is 0 Å². The lowest BCUT2D eigenvalue weighted by Crippen LogP contribution is -2.39. The van der Waals surface area contributed by atoms with Crippen molar-refractivity contribution < 1.29 is 0 Å². The molecule has 0 N–H and O–H groups in total. The van der Waals surface area contributed by atoms with E-state index in [4.69, 9.17) is 0 Å². The van der Waals surface area contributed by atoms with Gasteiger partial charge in [-0.1, -0.05) is 53.7 Å². The molecule has 0 aromatic heterocycles. The van der Waals surface area contributed by atoms with Gasteiger partial charge < -0.3 is 4.90 Å². The van der Waals surface area contributed by atoms with Crippen molar-refractivity contribution in [1.82, 2.24) is 4.90 Å². The molecule has 0 spiro atoms. The van der Waals surface area contributed by atoms with Crippen LogP contribution in [0.15, 0.2) is 24.9 Å². The van der Waals surface area contributed by atoms with Crippen molar-refractivity contribution >= 4 is 0 Å². The van der Waals surface area contributed by atoms with Gasteiger partial charge >= 0.3 is 0 Å². The van der Waals surface area contributed by atoms with Crippen molar-refractivity contribution in [2.24, 2.45) is 16.7 Å². The van der Waals surface area contributed by atoms with Crippen molar-refractivity contribution in [3.8, 4) is 0 Å². The van der Waals surface area contributed by atoms with Crippen LogP contribution < -0.4 is 0 Å². The predicted octanol–water partition coefficient (Wildman–Crippen LogP) is 6.03. The smallest absolute Gasteiger partial charge is 0.0183 e. The summed E-state index contributed by atoms with van der Waals surface area (Å²) in [7, 11) is 0. The highest BCUT2D eigenvalue weighted by Crippen LogP contribution is 2.43. The fourth-order valence-corrected chi connectivity index (χ4v) is 3.85. The Morgan fingerprint density at radius 3 is 2.24 bits per heavy atom. The average molecular weight is 292 g/mol. The highest BCUT2D eigenvalue weighted by Gasteiger charge is 2.34. The molecule has 1 heterocycles. The van der Waals surface area contributed by atoms with Crippen LogP contribution in [0.1, 0.15) is 73.1 Å². The Hall–Kier alpha value is -0.720. The minimum absolute atomic E-state index is 0.333. The number of allylic oxidation sites excluding steroid dienone is 2. The van der Waals surface area contributed by atoms with Gasteiger partial charge in [0.25, 0.3) is 0 Å². The van der Waals surface area contributed by atoms with Crippen molar-refractivity contribution in [2.45, 2.75) is 73.1 Å². The van der Waals surface area contributed by atoms with E-state index in [1.54, 1.807) is 0 Å². The first-order valence-corrected chi connectivity index (χ1v) is 8.89. The standard InChI is InChI=1S/C20H37N/c1-8-11-20(10-3,17(4)5)16-18(6)21-14-12-19(7,9-2)13-15-21/h9,17H,2,6,8,10-16H2,1,3-5,7H3. The number of rotatable bonds is 8. The molecule has 1 aliphatic rings. The van der Waals surface area contributed by atoms with Gasteiger partial charge in [-0.05, 0) is 48.9 Å². The summed E-state index contributed by atoms with van der Waals surface area (Å²) in [6.07, 6.45) is 9.59. The van der Waals surface area contributed by atoms with E-state index in [2.05, 4.69) is 58.8 Å². The topological polar surface area (TPSA) is 3.24 Å². The second kappa shape index (κ2) is 7.51. The maximum absolute atomic E-state index is 4.45. The molecule has 1 heteroatoms. The number of hydrogen-bond donors (Lipinski definition) is 0. The molecule has 1 saturated heterocycles. The molecule has 122 valence electrons. The third-order valence-corrected chi connectivity index (χ3v) is 6.08. The zero-order valence-electron chi connectivity index (χ0n) is 15.2. The van der Waals surface area contributed by atoms with Crippen LogP contribution in [0.25, 0.3) is 0 Å². The van der Waals surface area contributed by atoms with E-state index in [1.165, 1.54) is 44.2 Å². The molecule has 1 atom stereocenters. The van der Waals surface area contributed by atoms with E-state index in [9.17, 15) is 0 Å². The molecule has 0 aromatic rings. The van der Waals surface area contributed by atoms with E-state index in [0.717, 1.165) is 19.0 Å². The first kappa shape index (κ1) is 18.3. The second-order valence-electron chi connectivity index (χ2n) is 7.71. The summed E-state index contributed by atoms with van der Waals surface area (Å²) < 4.78 is 0. The summed E-state index contributed by atoms with van der Waals surface area (Å²) in [5.74, 6) is 0.724. The van der Waals surface area contributed by atoms with Crippen LogP contribution in [0.5, 0.6) is 0 Å². The summed E-state index contributed by atoms with van der Waals surface area (Å²) in [4.78, 5) is 2.54. The maximum Gasteiger partial charge on any atom is 0.0183 e. The molecule has 0 aromatic carbocycles. The van der Waals surface area contributed by atoms with Gasteiger partial charge in [0.2, 0.25) is 0 Å². The zero-order valence-corrected chi connectivity index (χ0v) is 15.2. The van der Waals surface area contributed by atoms with Crippen molar-refractivity contribution in [2.75, 3.05) is 13.1 Å². The Morgan fingerprint density at radius 2 is 1.86 bits per heavy atom. The highest BCUT2D eigenvalue weighted by molar-refractivity contribution is 5.05. The van der Waals surface area contributed by atoms with Crippen LogP contribution in [-0.2, 0) is 0 Å². The minimum atomic E-state index is 0.333. The average Bonchev–Trinajstić information content (AvgIpc) is 2.47. The van der Waals surface area contributed by atoms with Crippen LogP contribution in [0.2, 0.25) is 0 Å². The molecule has 1 nitrogen and oxygen atoms in total. The Bertz CT molecular complexity index is 347. The number of nitrogens with zero attached hydrogens (tertiary/aromatic N) is 1. The normalized spacial score (nSPS) is 21.1. The maximum atomic E-state index is 4.45. The SMILES string of the molecule is C=CC1(C)CCN(C(=C)CC(CC)(CCC)C(C)C)CC1. The molecular weight excluding hydrogens is 254 g/mol. The summed E-state index contributed by atoms with van der Waals surface area (Å²) >= 11 is 0. The van der Waals surface area contributed by atoms with E-state index in [0.29, 0.717) is 10.8 Å². The summed E-state index contributed by atoms with van der Waals surface area (Å²) in [6.45, 7) is 22.5. The molecule has 0 saturated carbocycles. The van der Waals surface area contributed by atoms with E-state index in [-0.39, 0.29) is 0 Å². The van der Waals surface area contributed by atoms with Crippen LogP contribution in [0.3, 0.4) is 0 Å². The van der Waals surface area contributed by atoms with Crippen molar-refractivity contribution in [1.29, 1.82) is 0 Å². The molecule has 1 fully saturated rings. The van der Waals surface area contributed by atoms with Crippen LogP contribution in [0, 0.1) is 16.7 Å². The molecule has 1 unspecified atom stereocenters.